The molecule has 0 radical (unpaired) electrons. The Balaban J connectivity index is 1.90. The van der Waals surface area contributed by atoms with Gasteiger partial charge in [-0.15, -0.1) is 0 Å². The van der Waals surface area contributed by atoms with Crippen LogP contribution in [0, 0.1) is 11.3 Å². The van der Waals surface area contributed by atoms with Crippen molar-refractivity contribution in [3.63, 3.8) is 0 Å². The van der Waals surface area contributed by atoms with Gasteiger partial charge in [-0.3, -0.25) is 9.69 Å². The van der Waals surface area contributed by atoms with E-state index in [1.165, 1.54) is 62.3 Å². The maximum Gasteiger partial charge on any atom is 0.416 e. The van der Waals surface area contributed by atoms with Crippen LogP contribution in [0.5, 0.6) is 0 Å². The number of esters is 1. The molecule has 2 heterocycles. The molecule has 0 bridgehead atoms. The minimum Gasteiger partial charge on any atom is -0.463 e. The average molecular weight is 537 g/mol. The summed E-state index contributed by atoms with van der Waals surface area (Å²) >= 11 is 0. The fourth-order valence-electron chi connectivity index (χ4n) is 4.52. The molecule has 1 aliphatic rings. The number of carbonyl (C=O) groups excluding carboxylic acids is 3. The van der Waals surface area contributed by atoms with Crippen LogP contribution in [0.2, 0.25) is 0 Å². The lowest BCUT2D eigenvalue weighted by Gasteiger charge is -2.43. The topological polar surface area (TPSA) is 104 Å². The van der Waals surface area contributed by atoms with Gasteiger partial charge in [0.25, 0.3) is 0 Å². The number of nitrogens with zero attached hydrogens (tertiary/aromatic N) is 3. The maximum atomic E-state index is 14.0. The van der Waals surface area contributed by atoms with Crippen LogP contribution in [-0.2, 0) is 22.3 Å². The SMILES string of the molecule is COC(=O)c1ccc(CN2C(=O)N(c3cccc(C(F)(F)F)c3)C(C)=C(C(C)=O)C2c2ccc(C#N)cc2)o1. The van der Waals surface area contributed by atoms with Crippen molar-refractivity contribution in [2.75, 3.05) is 12.0 Å². The number of alkyl halides is 3. The number of ketones is 1. The van der Waals surface area contributed by atoms with Gasteiger partial charge in [0.1, 0.15) is 5.76 Å². The zero-order valence-electron chi connectivity index (χ0n) is 21.1. The van der Waals surface area contributed by atoms with E-state index in [1.807, 2.05) is 6.07 Å². The van der Waals surface area contributed by atoms with Gasteiger partial charge < -0.3 is 14.1 Å². The molecular weight excluding hydrogens is 515 g/mol. The summed E-state index contributed by atoms with van der Waals surface area (Å²) in [6, 6.07) is 13.7. The minimum absolute atomic E-state index is 0.0796. The molecule has 1 aliphatic heterocycles. The number of halogens is 3. The summed E-state index contributed by atoms with van der Waals surface area (Å²) in [5, 5.41) is 9.20. The normalized spacial score (nSPS) is 15.8. The van der Waals surface area contributed by atoms with Gasteiger partial charge in [0.2, 0.25) is 5.76 Å². The lowest BCUT2D eigenvalue weighted by molar-refractivity contribution is -0.137. The number of methoxy groups -OCH3 is 1. The number of rotatable bonds is 6. The van der Waals surface area contributed by atoms with E-state index < -0.39 is 35.6 Å². The second-order valence-electron chi connectivity index (χ2n) is 8.74. The van der Waals surface area contributed by atoms with Crippen molar-refractivity contribution in [1.29, 1.82) is 5.26 Å². The number of nitriles is 1. The van der Waals surface area contributed by atoms with E-state index >= 15 is 0 Å². The molecule has 1 unspecified atom stereocenters. The highest BCUT2D eigenvalue weighted by Crippen LogP contribution is 2.42. The predicted octanol–water partition coefficient (Wildman–Crippen LogP) is 6.00. The zero-order chi connectivity index (χ0) is 28.5. The van der Waals surface area contributed by atoms with Crippen molar-refractivity contribution >= 4 is 23.5 Å². The average Bonchev–Trinajstić information content (AvgIpc) is 3.38. The smallest absolute Gasteiger partial charge is 0.416 e. The van der Waals surface area contributed by atoms with Gasteiger partial charge in [-0.05, 0) is 61.9 Å². The quantitative estimate of drug-likeness (QED) is 0.357. The van der Waals surface area contributed by atoms with Crippen molar-refractivity contribution in [3.05, 3.63) is 100 Å². The summed E-state index contributed by atoms with van der Waals surface area (Å²) in [6.45, 7) is 2.56. The van der Waals surface area contributed by atoms with Crippen molar-refractivity contribution < 1.29 is 36.7 Å². The number of hydrogen-bond donors (Lipinski definition) is 0. The molecule has 0 saturated carbocycles. The Morgan fingerprint density at radius 1 is 1.10 bits per heavy atom. The van der Waals surface area contributed by atoms with Crippen molar-refractivity contribution in [2.24, 2.45) is 0 Å². The molecule has 2 aromatic carbocycles. The number of ether oxygens (including phenoxy) is 1. The molecular formula is C28H22F3N3O5. The number of Topliss-reactive ketones (excluding diaryl/α,β-unsaturated/α-hetero) is 1. The summed E-state index contributed by atoms with van der Waals surface area (Å²) in [5.41, 5.74) is 0.138. The molecule has 39 heavy (non-hydrogen) atoms. The third-order valence-electron chi connectivity index (χ3n) is 6.29. The Bertz CT molecular complexity index is 1520. The Hall–Kier alpha value is -4.85. The van der Waals surface area contributed by atoms with Crippen LogP contribution in [0.25, 0.3) is 0 Å². The van der Waals surface area contributed by atoms with Crippen LogP contribution in [0.1, 0.15) is 52.9 Å². The van der Waals surface area contributed by atoms with Gasteiger partial charge in [0.15, 0.2) is 5.78 Å². The molecule has 0 spiro atoms. The first-order valence-electron chi connectivity index (χ1n) is 11.6. The second-order valence-corrected chi connectivity index (χ2v) is 8.74. The van der Waals surface area contributed by atoms with Crippen molar-refractivity contribution in [1.82, 2.24) is 4.90 Å². The molecule has 11 heteroatoms. The van der Waals surface area contributed by atoms with Gasteiger partial charge in [0.05, 0.1) is 42.6 Å². The maximum absolute atomic E-state index is 14.0. The van der Waals surface area contributed by atoms with E-state index in [1.54, 1.807) is 12.1 Å². The summed E-state index contributed by atoms with van der Waals surface area (Å²) in [6.07, 6.45) is -4.65. The van der Waals surface area contributed by atoms with Gasteiger partial charge >= 0.3 is 18.2 Å². The highest BCUT2D eigenvalue weighted by molar-refractivity contribution is 6.04. The van der Waals surface area contributed by atoms with E-state index in [-0.39, 0.29) is 35.0 Å². The Morgan fingerprint density at radius 2 is 1.79 bits per heavy atom. The van der Waals surface area contributed by atoms with E-state index in [0.29, 0.717) is 11.1 Å². The monoisotopic (exact) mass is 537 g/mol. The Kier molecular flexibility index (Phi) is 7.31. The summed E-state index contributed by atoms with van der Waals surface area (Å²) < 4.78 is 50.7. The van der Waals surface area contributed by atoms with E-state index in [0.717, 1.165) is 17.0 Å². The molecule has 1 atom stereocenters. The molecule has 0 fully saturated rings. The van der Waals surface area contributed by atoms with Crippen LogP contribution in [-0.4, -0.2) is 29.8 Å². The first-order valence-corrected chi connectivity index (χ1v) is 11.6. The number of allylic oxidation sites excluding steroid dienone is 1. The molecule has 200 valence electrons. The van der Waals surface area contributed by atoms with E-state index in [4.69, 9.17) is 4.42 Å². The largest absolute Gasteiger partial charge is 0.463 e. The highest BCUT2D eigenvalue weighted by Gasteiger charge is 2.42. The van der Waals surface area contributed by atoms with Gasteiger partial charge in [-0.2, -0.15) is 18.4 Å². The molecule has 0 N–H and O–H groups in total. The number of urea groups is 1. The lowest BCUT2D eigenvalue weighted by Crippen LogP contribution is -2.50. The third-order valence-corrected chi connectivity index (χ3v) is 6.29. The summed E-state index contributed by atoms with van der Waals surface area (Å²) in [4.78, 5) is 41.2. The lowest BCUT2D eigenvalue weighted by atomic mass is 9.90. The second kappa shape index (κ2) is 10.5. The number of hydrogen-bond acceptors (Lipinski definition) is 6. The van der Waals surface area contributed by atoms with Crippen LogP contribution >= 0.6 is 0 Å². The number of anilines is 1. The number of carbonyl (C=O) groups is 3. The first kappa shape index (κ1) is 27.2. The predicted molar refractivity (Wildman–Crippen MR) is 132 cm³/mol. The molecule has 4 rings (SSSR count). The number of benzene rings is 2. The fourth-order valence-corrected chi connectivity index (χ4v) is 4.52. The van der Waals surface area contributed by atoms with Crippen LogP contribution < -0.4 is 4.90 Å². The van der Waals surface area contributed by atoms with E-state index in [9.17, 15) is 32.8 Å². The van der Waals surface area contributed by atoms with E-state index in [2.05, 4.69) is 4.74 Å². The number of amides is 2. The molecule has 2 amide bonds. The summed E-state index contributed by atoms with van der Waals surface area (Å²) in [5.74, 6) is -1.08. The minimum atomic E-state index is -4.65. The van der Waals surface area contributed by atoms with Gasteiger partial charge in [0, 0.05) is 11.3 Å². The zero-order valence-corrected chi connectivity index (χ0v) is 21.1. The highest BCUT2D eigenvalue weighted by atomic mass is 19.4. The van der Waals surface area contributed by atoms with Gasteiger partial charge in [-0.1, -0.05) is 18.2 Å². The molecule has 8 nitrogen and oxygen atoms in total. The summed E-state index contributed by atoms with van der Waals surface area (Å²) in [7, 11) is 1.18. The van der Waals surface area contributed by atoms with Crippen molar-refractivity contribution in [3.8, 4) is 6.07 Å². The Morgan fingerprint density at radius 3 is 2.38 bits per heavy atom. The molecule has 0 aliphatic carbocycles. The number of furan rings is 1. The van der Waals surface area contributed by atoms with Crippen LogP contribution in [0.4, 0.5) is 23.7 Å². The van der Waals surface area contributed by atoms with Crippen molar-refractivity contribution in [2.45, 2.75) is 32.6 Å². The molecule has 3 aromatic rings. The van der Waals surface area contributed by atoms with Crippen LogP contribution in [0.3, 0.4) is 0 Å². The standard InChI is InChI=1S/C28H22F3N3O5/c1-16-24(17(2)35)25(19-9-7-18(14-32)8-10-19)33(15-22-11-12-23(39-22)26(36)38-3)27(37)34(16)21-6-4-5-20(13-21)28(29,30)31/h4-13,25H,15H2,1-3H3. The third kappa shape index (κ3) is 5.27. The fraction of sp³-hybridized carbons (Fsp3) is 0.214. The van der Waals surface area contributed by atoms with Gasteiger partial charge in [-0.25, -0.2) is 9.59 Å². The molecule has 1 aromatic heterocycles. The Labute approximate surface area is 221 Å². The molecule has 0 saturated heterocycles. The van der Waals surface area contributed by atoms with Crippen LogP contribution in [0.15, 0.2) is 76.4 Å². The first-order chi connectivity index (χ1) is 18.5.